The highest BCUT2D eigenvalue weighted by Crippen LogP contribution is 2.52. The minimum Gasteiger partial charge on any atom is -0.459 e. The van der Waals surface area contributed by atoms with Gasteiger partial charge in [0.2, 0.25) is 0 Å². The van der Waals surface area contributed by atoms with Gasteiger partial charge in [-0.05, 0) is 42.6 Å². The average molecular weight is 288 g/mol. The van der Waals surface area contributed by atoms with Gasteiger partial charge in [0.15, 0.2) is 5.60 Å². The van der Waals surface area contributed by atoms with Gasteiger partial charge in [0, 0.05) is 0 Å². The van der Waals surface area contributed by atoms with Crippen LogP contribution in [0.15, 0.2) is 30.3 Å². The molecule has 0 amide bonds. The second kappa shape index (κ2) is 5.45. The standard InChI is InChI=1S/C18H24O3/c1-14(2)17-8-10-18(11-9-17,21-13-17)16(19)20-12-15-6-4-3-5-7-15/h3-7,14H,8-13H2,1-2H3. The van der Waals surface area contributed by atoms with Crippen LogP contribution in [0, 0.1) is 11.3 Å². The second-order valence-electron chi connectivity index (χ2n) is 6.86. The average Bonchev–Trinajstić information content (AvgIpc) is 2.55. The summed E-state index contributed by atoms with van der Waals surface area (Å²) in [7, 11) is 0. The van der Waals surface area contributed by atoms with Gasteiger partial charge in [-0.3, -0.25) is 0 Å². The zero-order chi connectivity index (χ0) is 14.9. The molecule has 21 heavy (non-hydrogen) atoms. The van der Waals surface area contributed by atoms with Crippen molar-refractivity contribution in [3.8, 4) is 0 Å². The number of esters is 1. The van der Waals surface area contributed by atoms with E-state index in [1.807, 2.05) is 30.3 Å². The molecule has 1 aromatic carbocycles. The number of benzene rings is 1. The fourth-order valence-electron chi connectivity index (χ4n) is 3.58. The van der Waals surface area contributed by atoms with E-state index in [2.05, 4.69) is 13.8 Å². The first-order valence-corrected chi connectivity index (χ1v) is 7.92. The van der Waals surface area contributed by atoms with Crippen molar-refractivity contribution in [2.24, 2.45) is 11.3 Å². The summed E-state index contributed by atoms with van der Waals surface area (Å²) in [5.74, 6) is 0.430. The molecule has 1 saturated carbocycles. The van der Waals surface area contributed by atoms with E-state index in [0.29, 0.717) is 19.1 Å². The first-order valence-electron chi connectivity index (χ1n) is 7.92. The smallest absolute Gasteiger partial charge is 0.338 e. The zero-order valence-electron chi connectivity index (χ0n) is 12.9. The molecule has 0 aromatic heterocycles. The monoisotopic (exact) mass is 288 g/mol. The molecule has 3 aliphatic rings. The summed E-state index contributed by atoms with van der Waals surface area (Å²) in [4.78, 5) is 12.5. The number of fused-ring (bicyclic) bond motifs is 3. The van der Waals surface area contributed by atoms with Gasteiger partial charge >= 0.3 is 5.97 Å². The topological polar surface area (TPSA) is 35.5 Å². The Morgan fingerprint density at radius 1 is 1.19 bits per heavy atom. The molecule has 2 aliphatic heterocycles. The molecule has 3 heteroatoms. The Morgan fingerprint density at radius 3 is 2.38 bits per heavy atom. The lowest BCUT2D eigenvalue weighted by Crippen LogP contribution is -2.57. The van der Waals surface area contributed by atoms with E-state index in [1.54, 1.807) is 0 Å². The molecule has 1 aromatic rings. The van der Waals surface area contributed by atoms with E-state index in [4.69, 9.17) is 9.47 Å². The lowest BCUT2D eigenvalue weighted by Gasteiger charge is -2.53. The Labute approximate surface area is 126 Å². The maximum atomic E-state index is 12.5. The Morgan fingerprint density at radius 2 is 1.86 bits per heavy atom. The van der Waals surface area contributed by atoms with Gasteiger partial charge in [-0.15, -0.1) is 0 Å². The van der Waals surface area contributed by atoms with Crippen LogP contribution in [0.3, 0.4) is 0 Å². The van der Waals surface area contributed by atoms with Gasteiger partial charge in [-0.1, -0.05) is 44.2 Å². The molecule has 4 rings (SSSR count). The maximum Gasteiger partial charge on any atom is 0.338 e. The minimum absolute atomic E-state index is 0.177. The van der Waals surface area contributed by atoms with Crippen LogP contribution in [0.25, 0.3) is 0 Å². The Hall–Kier alpha value is -1.35. The van der Waals surface area contributed by atoms with Crippen LogP contribution in [0.5, 0.6) is 0 Å². The largest absolute Gasteiger partial charge is 0.459 e. The molecular formula is C18H24O3. The normalized spacial score (nSPS) is 31.4. The maximum absolute atomic E-state index is 12.5. The SMILES string of the molecule is CC(C)C12CCC(C(=O)OCc3ccccc3)(CC1)OC2. The summed E-state index contributed by atoms with van der Waals surface area (Å²) >= 11 is 0. The van der Waals surface area contributed by atoms with Crippen molar-refractivity contribution >= 4 is 5.97 Å². The molecule has 3 nitrogen and oxygen atoms in total. The Bertz CT molecular complexity index is 482. The quantitative estimate of drug-likeness (QED) is 0.792. The van der Waals surface area contributed by atoms with Crippen molar-refractivity contribution in [3.63, 3.8) is 0 Å². The summed E-state index contributed by atoms with van der Waals surface area (Å²) in [6, 6.07) is 9.81. The van der Waals surface area contributed by atoms with Gasteiger partial charge in [-0.2, -0.15) is 0 Å². The van der Waals surface area contributed by atoms with Gasteiger partial charge in [-0.25, -0.2) is 4.79 Å². The minimum atomic E-state index is -0.675. The number of hydrogen-bond acceptors (Lipinski definition) is 3. The van der Waals surface area contributed by atoms with Crippen LogP contribution < -0.4 is 0 Å². The van der Waals surface area contributed by atoms with Crippen molar-refractivity contribution in [1.82, 2.24) is 0 Å². The third-order valence-electron chi connectivity index (χ3n) is 5.50. The summed E-state index contributed by atoms with van der Waals surface area (Å²) in [6.45, 7) is 5.55. The van der Waals surface area contributed by atoms with E-state index in [1.165, 1.54) is 0 Å². The Balaban J connectivity index is 1.62. The van der Waals surface area contributed by atoms with Crippen molar-refractivity contribution in [3.05, 3.63) is 35.9 Å². The lowest BCUT2D eigenvalue weighted by atomic mass is 9.61. The molecule has 2 heterocycles. The van der Waals surface area contributed by atoms with Crippen LogP contribution in [0.1, 0.15) is 45.1 Å². The van der Waals surface area contributed by atoms with Crippen LogP contribution in [-0.2, 0) is 20.9 Å². The third-order valence-corrected chi connectivity index (χ3v) is 5.50. The fourth-order valence-corrected chi connectivity index (χ4v) is 3.58. The van der Waals surface area contributed by atoms with E-state index >= 15 is 0 Å². The van der Waals surface area contributed by atoms with Crippen molar-refractivity contribution in [2.45, 2.75) is 51.7 Å². The summed E-state index contributed by atoms with van der Waals surface area (Å²) in [6.07, 6.45) is 3.76. The molecule has 1 aliphatic carbocycles. The molecule has 2 bridgehead atoms. The molecule has 0 unspecified atom stereocenters. The van der Waals surface area contributed by atoms with E-state index in [-0.39, 0.29) is 11.4 Å². The molecule has 0 radical (unpaired) electrons. The van der Waals surface area contributed by atoms with Gasteiger partial charge in [0.05, 0.1) is 6.61 Å². The number of ether oxygens (including phenoxy) is 2. The van der Waals surface area contributed by atoms with Crippen LogP contribution in [0.4, 0.5) is 0 Å². The zero-order valence-corrected chi connectivity index (χ0v) is 12.9. The Kier molecular flexibility index (Phi) is 3.78. The van der Waals surface area contributed by atoms with E-state index in [0.717, 1.165) is 31.2 Å². The highest BCUT2D eigenvalue weighted by Gasteiger charge is 2.55. The second-order valence-corrected chi connectivity index (χ2v) is 6.86. The van der Waals surface area contributed by atoms with Crippen molar-refractivity contribution < 1.29 is 14.3 Å². The predicted molar refractivity (Wildman–Crippen MR) is 80.7 cm³/mol. The van der Waals surface area contributed by atoms with E-state index < -0.39 is 5.60 Å². The van der Waals surface area contributed by atoms with E-state index in [9.17, 15) is 4.79 Å². The van der Waals surface area contributed by atoms with Crippen LogP contribution >= 0.6 is 0 Å². The fraction of sp³-hybridized carbons (Fsp3) is 0.611. The molecular weight excluding hydrogens is 264 g/mol. The molecule has 0 atom stereocenters. The third kappa shape index (κ3) is 2.59. The van der Waals surface area contributed by atoms with Gasteiger partial charge in [0.25, 0.3) is 0 Å². The van der Waals surface area contributed by atoms with Gasteiger partial charge in [0.1, 0.15) is 6.61 Å². The summed E-state index contributed by atoms with van der Waals surface area (Å²) < 4.78 is 11.5. The summed E-state index contributed by atoms with van der Waals surface area (Å²) in [5.41, 5.74) is 0.623. The number of rotatable bonds is 4. The highest BCUT2D eigenvalue weighted by atomic mass is 16.6. The first-order chi connectivity index (χ1) is 10.1. The highest BCUT2D eigenvalue weighted by molar-refractivity contribution is 5.80. The molecule has 3 fully saturated rings. The van der Waals surface area contributed by atoms with Crippen LogP contribution in [0.2, 0.25) is 0 Å². The first kappa shape index (κ1) is 14.6. The van der Waals surface area contributed by atoms with Crippen molar-refractivity contribution in [2.75, 3.05) is 6.61 Å². The van der Waals surface area contributed by atoms with Gasteiger partial charge < -0.3 is 9.47 Å². The number of carbonyl (C=O) groups is 1. The van der Waals surface area contributed by atoms with Crippen LogP contribution in [-0.4, -0.2) is 18.2 Å². The van der Waals surface area contributed by atoms with Crippen molar-refractivity contribution in [1.29, 1.82) is 0 Å². The molecule has 0 spiro atoms. The summed E-state index contributed by atoms with van der Waals surface area (Å²) in [5, 5.41) is 0. The molecule has 0 N–H and O–H groups in total. The lowest BCUT2D eigenvalue weighted by molar-refractivity contribution is -0.219. The number of hydrogen-bond donors (Lipinski definition) is 0. The number of carbonyl (C=O) groups excluding carboxylic acids is 1. The molecule has 114 valence electrons. The predicted octanol–water partition coefficient (Wildman–Crippen LogP) is 3.72. The molecule has 2 saturated heterocycles.